The first kappa shape index (κ1) is 18.3. The van der Waals surface area contributed by atoms with Crippen molar-refractivity contribution in [3.8, 4) is 5.75 Å². The zero-order chi connectivity index (χ0) is 18.7. The SMILES string of the molecule is CS(=O)(=O)Nc1cccc(CNC(=O)C2=Cc3cc(Cl)ccc3OC2)c1. The van der Waals surface area contributed by atoms with E-state index in [4.69, 9.17) is 16.3 Å². The number of benzene rings is 2. The predicted molar refractivity (Wildman–Crippen MR) is 102 cm³/mol. The molecule has 2 N–H and O–H groups in total. The number of fused-ring (bicyclic) bond motifs is 1. The number of amides is 1. The van der Waals surface area contributed by atoms with Gasteiger partial charge in [-0.15, -0.1) is 0 Å². The Hall–Kier alpha value is -2.51. The van der Waals surface area contributed by atoms with E-state index in [2.05, 4.69) is 10.0 Å². The van der Waals surface area contributed by atoms with E-state index in [1.54, 1.807) is 48.5 Å². The van der Waals surface area contributed by atoms with Gasteiger partial charge in [-0.2, -0.15) is 0 Å². The van der Waals surface area contributed by atoms with Crippen molar-refractivity contribution in [2.45, 2.75) is 6.54 Å². The summed E-state index contributed by atoms with van der Waals surface area (Å²) in [4.78, 5) is 12.4. The first-order valence-electron chi connectivity index (χ1n) is 7.78. The Morgan fingerprint density at radius 3 is 2.81 bits per heavy atom. The van der Waals surface area contributed by atoms with Crippen LogP contribution in [0.5, 0.6) is 5.75 Å². The molecule has 0 bridgehead atoms. The molecular weight excluding hydrogens is 376 g/mol. The van der Waals surface area contributed by atoms with Gasteiger partial charge in [-0.1, -0.05) is 23.7 Å². The molecule has 0 saturated carbocycles. The molecule has 0 radical (unpaired) electrons. The van der Waals surface area contributed by atoms with Crippen LogP contribution in [0.4, 0.5) is 5.69 Å². The van der Waals surface area contributed by atoms with Crippen molar-refractivity contribution in [3.63, 3.8) is 0 Å². The van der Waals surface area contributed by atoms with Gasteiger partial charge < -0.3 is 10.1 Å². The molecule has 0 unspecified atom stereocenters. The highest BCUT2D eigenvalue weighted by molar-refractivity contribution is 7.92. The van der Waals surface area contributed by atoms with Crippen LogP contribution in [0.15, 0.2) is 48.0 Å². The van der Waals surface area contributed by atoms with Gasteiger partial charge in [-0.05, 0) is 42.0 Å². The van der Waals surface area contributed by atoms with Crippen LogP contribution in [-0.4, -0.2) is 27.2 Å². The molecule has 0 fully saturated rings. The molecule has 8 heteroatoms. The fraction of sp³-hybridized carbons (Fsp3) is 0.167. The summed E-state index contributed by atoms with van der Waals surface area (Å²) in [7, 11) is -3.35. The lowest BCUT2D eigenvalue weighted by Crippen LogP contribution is -2.28. The van der Waals surface area contributed by atoms with E-state index in [0.29, 0.717) is 22.0 Å². The van der Waals surface area contributed by atoms with Gasteiger partial charge in [-0.25, -0.2) is 8.42 Å². The Morgan fingerprint density at radius 2 is 2.04 bits per heavy atom. The van der Waals surface area contributed by atoms with Gasteiger partial charge in [0.15, 0.2) is 0 Å². The average molecular weight is 393 g/mol. The number of hydrogen-bond acceptors (Lipinski definition) is 4. The van der Waals surface area contributed by atoms with Crippen LogP contribution in [0, 0.1) is 0 Å². The summed E-state index contributed by atoms with van der Waals surface area (Å²) in [6.45, 7) is 0.438. The fourth-order valence-corrected chi connectivity index (χ4v) is 3.27. The van der Waals surface area contributed by atoms with Gasteiger partial charge in [-0.3, -0.25) is 9.52 Å². The van der Waals surface area contributed by atoms with Crippen molar-refractivity contribution in [2.24, 2.45) is 0 Å². The summed E-state index contributed by atoms with van der Waals surface area (Å²) in [6, 6.07) is 12.1. The summed E-state index contributed by atoms with van der Waals surface area (Å²) in [5, 5.41) is 3.38. The van der Waals surface area contributed by atoms with Gasteiger partial charge in [0.2, 0.25) is 10.0 Å². The second kappa shape index (κ2) is 7.39. The summed E-state index contributed by atoms with van der Waals surface area (Å²) < 4.78 is 30.6. The molecule has 1 aliphatic heterocycles. The molecule has 1 heterocycles. The molecule has 0 aliphatic carbocycles. The molecule has 2 aromatic carbocycles. The Morgan fingerprint density at radius 1 is 1.23 bits per heavy atom. The summed E-state index contributed by atoms with van der Waals surface area (Å²) >= 11 is 5.97. The lowest BCUT2D eigenvalue weighted by Gasteiger charge is -2.18. The maximum atomic E-state index is 12.4. The van der Waals surface area contributed by atoms with E-state index in [9.17, 15) is 13.2 Å². The topological polar surface area (TPSA) is 84.5 Å². The van der Waals surface area contributed by atoms with Crippen LogP contribution in [0.1, 0.15) is 11.1 Å². The summed E-state index contributed by atoms with van der Waals surface area (Å²) in [5.74, 6) is 0.433. The maximum absolute atomic E-state index is 12.4. The molecule has 136 valence electrons. The highest BCUT2D eigenvalue weighted by Crippen LogP contribution is 2.29. The second-order valence-corrected chi connectivity index (χ2v) is 8.08. The van der Waals surface area contributed by atoms with Gasteiger partial charge in [0.1, 0.15) is 12.4 Å². The minimum absolute atomic E-state index is 0.177. The smallest absolute Gasteiger partial charge is 0.250 e. The van der Waals surface area contributed by atoms with Crippen LogP contribution in [0.2, 0.25) is 5.02 Å². The molecule has 1 amide bonds. The Kier molecular flexibility index (Phi) is 5.20. The lowest BCUT2D eigenvalue weighted by atomic mass is 10.1. The second-order valence-electron chi connectivity index (χ2n) is 5.90. The van der Waals surface area contributed by atoms with Crippen molar-refractivity contribution in [1.29, 1.82) is 0 Å². The van der Waals surface area contributed by atoms with Gasteiger partial charge >= 0.3 is 0 Å². The van der Waals surface area contributed by atoms with Crippen LogP contribution >= 0.6 is 11.6 Å². The van der Waals surface area contributed by atoms with Crippen LogP contribution in [-0.2, 0) is 21.4 Å². The van der Waals surface area contributed by atoms with Gasteiger partial charge in [0.05, 0.1) is 11.8 Å². The monoisotopic (exact) mass is 392 g/mol. The minimum atomic E-state index is -3.35. The summed E-state index contributed by atoms with van der Waals surface area (Å²) in [5.41, 5.74) is 2.47. The average Bonchev–Trinajstić information content (AvgIpc) is 2.58. The summed E-state index contributed by atoms with van der Waals surface area (Å²) in [6.07, 6.45) is 2.84. The standard InChI is InChI=1S/C18H17ClN2O4S/c1-26(23,24)21-16-4-2-3-12(7-16)10-20-18(22)14-8-13-9-15(19)5-6-17(13)25-11-14/h2-9,21H,10-11H2,1H3,(H,20,22). The van der Waals surface area contributed by atoms with E-state index in [1.165, 1.54) is 0 Å². The quantitative estimate of drug-likeness (QED) is 0.819. The Bertz CT molecular complexity index is 986. The van der Waals surface area contributed by atoms with Crippen molar-refractivity contribution < 1.29 is 17.9 Å². The third-order valence-corrected chi connectivity index (χ3v) is 4.50. The van der Waals surface area contributed by atoms with E-state index in [0.717, 1.165) is 17.4 Å². The van der Waals surface area contributed by atoms with Crippen molar-refractivity contribution in [2.75, 3.05) is 17.6 Å². The maximum Gasteiger partial charge on any atom is 0.250 e. The Balaban J connectivity index is 1.67. The first-order chi connectivity index (χ1) is 12.3. The third kappa shape index (κ3) is 4.77. The normalized spacial score (nSPS) is 13.2. The lowest BCUT2D eigenvalue weighted by molar-refractivity contribution is -0.117. The number of carbonyl (C=O) groups is 1. The fourth-order valence-electron chi connectivity index (χ4n) is 2.53. The molecule has 0 atom stereocenters. The molecule has 6 nitrogen and oxygen atoms in total. The number of ether oxygens (including phenoxy) is 1. The van der Waals surface area contributed by atoms with Gasteiger partial charge in [0.25, 0.3) is 5.91 Å². The number of carbonyl (C=O) groups excluding carboxylic acids is 1. The van der Waals surface area contributed by atoms with Crippen LogP contribution in [0.3, 0.4) is 0 Å². The van der Waals surface area contributed by atoms with Crippen molar-refractivity contribution in [3.05, 3.63) is 64.2 Å². The van der Waals surface area contributed by atoms with Gasteiger partial charge in [0, 0.05) is 22.8 Å². The number of sulfonamides is 1. The number of anilines is 1. The van der Waals surface area contributed by atoms with Crippen molar-refractivity contribution >= 4 is 39.3 Å². The first-order valence-corrected chi connectivity index (χ1v) is 10.0. The van der Waals surface area contributed by atoms with E-state index in [-0.39, 0.29) is 19.1 Å². The molecule has 2 aromatic rings. The number of nitrogens with one attached hydrogen (secondary N) is 2. The van der Waals surface area contributed by atoms with Crippen LogP contribution in [0.25, 0.3) is 6.08 Å². The largest absolute Gasteiger partial charge is 0.488 e. The minimum Gasteiger partial charge on any atom is -0.488 e. The molecule has 0 spiro atoms. The number of rotatable bonds is 5. The molecular formula is C18H17ClN2O4S. The molecule has 26 heavy (non-hydrogen) atoms. The van der Waals surface area contributed by atoms with E-state index < -0.39 is 10.0 Å². The molecule has 0 saturated heterocycles. The number of hydrogen-bond donors (Lipinski definition) is 2. The van der Waals surface area contributed by atoms with E-state index in [1.807, 2.05) is 0 Å². The molecule has 1 aliphatic rings. The molecule has 3 rings (SSSR count). The highest BCUT2D eigenvalue weighted by atomic mass is 35.5. The van der Waals surface area contributed by atoms with Crippen molar-refractivity contribution in [1.82, 2.24) is 5.32 Å². The third-order valence-electron chi connectivity index (χ3n) is 3.66. The highest BCUT2D eigenvalue weighted by Gasteiger charge is 2.17. The molecule has 0 aromatic heterocycles. The zero-order valence-corrected chi connectivity index (χ0v) is 15.5. The predicted octanol–water partition coefficient (Wildman–Crippen LogP) is 2.80. The van der Waals surface area contributed by atoms with E-state index >= 15 is 0 Å². The van der Waals surface area contributed by atoms with Crippen LogP contribution < -0.4 is 14.8 Å². The zero-order valence-electron chi connectivity index (χ0n) is 14.0. The number of halogens is 1. The Labute approximate surface area is 156 Å².